The Morgan fingerprint density at radius 1 is 1.07 bits per heavy atom. The van der Waals surface area contributed by atoms with Crippen molar-refractivity contribution in [3.8, 4) is 0 Å². The maximum atomic E-state index is 13.1. The van der Waals surface area contributed by atoms with E-state index in [0.717, 1.165) is 17.1 Å². The van der Waals surface area contributed by atoms with E-state index in [1.807, 2.05) is 19.9 Å². The molecule has 0 N–H and O–H groups in total. The summed E-state index contributed by atoms with van der Waals surface area (Å²) < 4.78 is 19.6. The van der Waals surface area contributed by atoms with Gasteiger partial charge in [-0.15, -0.1) is 5.10 Å². The molecule has 3 heterocycles. The van der Waals surface area contributed by atoms with E-state index in [1.165, 1.54) is 16.6 Å². The van der Waals surface area contributed by atoms with E-state index in [0.29, 0.717) is 32.0 Å². The monoisotopic (exact) mass is 412 g/mol. The molecule has 10 heteroatoms. The molecule has 4 rings (SSSR count). The molecule has 0 unspecified atom stereocenters. The Morgan fingerprint density at radius 3 is 2.47 bits per heavy atom. The van der Waals surface area contributed by atoms with Gasteiger partial charge in [0.15, 0.2) is 6.61 Å². The first-order chi connectivity index (χ1) is 14.4. The van der Waals surface area contributed by atoms with Crippen LogP contribution in [0.25, 0.3) is 5.78 Å². The number of benzene rings is 1. The van der Waals surface area contributed by atoms with Gasteiger partial charge in [0.05, 0.1) is 0 Å². The number of hydrogen-bond donors (Lipinski definition) is 0. The number of nitrogens with zero attached hydrogens (tertiary/aromatic N) is 6. The van der Waals surface area contributed by atoms with Gasteiger partial charge in [-0.25, -0.2) is 18.7 Å². The molecule has 0 radical (unpaired) electrons. The van der Waals surface area contributed by atoms with Gasteiger partial charge in [0.25, 0.3) is 17.5 Å². The highest BCUT2D eigenvalue weighted by Crippen LogP contribution is 2.17. The highest BCUT2D eigenvalue weighted by Gasteiger charge is 2.24. The Bertz CT molecular complexity index is 1090. The minimum absolute atomic E-state index is 0.134. The molecule has 0 atom stereocenters. The van der Waals surface area contributed by atoms with Gasteiger partial charge in [-0.1, -0.05) is 0 Å². The second-order valence-electron chi connectivity index (χ2n) is 7.11. The minimum atomic E-state index is -0.768. The number of aryl methyl sites for hydroxylation is 2. The fraction of sp³-hybridized carbons (Fsp3) is 0.350. The van der Waals surface area contributed by atoms with Gasteiger partial charge < -0.3 is 14.5 Å². The predicted molar refractivity (Wildman–Crippen MR) is 106 cm³/mol. The van der Waals surface area contributed by atoms with E-state index in [4.69, 9.17) is 4.74 Å². The van der Waals surface area contributed by atoms with Crippen molar-refractivity contribution < 1.29 is 18.7 Å². The highest BCUT2D eigenvalue weighted by molar-refractivity contribution is 5.88. The van der Waals surface area contributed by atoms with E-state index in [-0.39, 0.29) is 24.2 Å². The van der Waals surface area contributed by atoms with Gasteiger partial charge >= 0.3 is 5.97 Å². The van der Waals surface area contributed by atoms with Crippen LogP contribution in [0.15, 0.2) is 30.3 Å². The standard InChI is InChI=1S/C20H21FN6O3/c1-13-11-14(2)27-20(22-13)23-18(24-27)19(29)30-12-17(28)26-9-7-25(8-10-26)16-5-3-15(21)4-6-16/h3-6,11H,7-10,12H2,1-2H3. The third-order valence-electron chi connectivity index (χ3n) is 4.95. The van der Waals surface area contributed by atoms with Crippen molar-refractivity contribution in [3.63, 3.8) is 0 Å². The van der Waals surface area contributed by atoms with Crippen LogP contribution < -0.4 is 4.90 Å². The summed E-state index contributed by atoms with van der Waals surface area (Å²) >= 11 is 0. The smallest absolute Gasteiger partial charge is 0.378 e. The molecular weight excluding hydrogens is 391 g/mol. The first-order valence-electron chi connectivity index (χ1n) is 9.57. The number of piperazine rings is 1. The fourth-order valence-corrected chi connectivity index (χ4v) is 3.40. The van der Waals surface area contributed by atoms with Crippen LogP contribution in [0.3, 0.4) is 0 Å². The normalized spacial score (nSPS) is 14.2. The number of esters is 1. The lowest BCUT2D eigenvalue weighted by Gasteiger charge is -2.36. The van der Waals surface area contributed by atoms with Crippen molar-refractivity contribution in [2.75, 3.05) is 37.7 Å². The number of rotatable bonds is 4. The molecule has 0 bridgehead atoms. The number of halogens is 1. The van der Waals surface area contributed by atoms with E-state index < -0.39 is 5.97 Å². The Kier molecular flexibility index (Phi) is 5.30. The number of hydrogen-bond acceptors (Lipinski definition) is 7. The molecule has 1 amide bonds. The minimum Gasteiger partial charge on any atom is -0.450 e. The van der Waals surface area contributed by atoms with Crippen molar-refractivity contribution in [3.05, 3.63) is 53.4 Å². The first-order valence-corrected chi connectivity index (χ1v) is 9.57. The van der Waals surface area contributed by atoms with Gasteiger partial charge in [-0.3, -0.25) is 4.79 Å². The largest absolute Gasteiger partial charge is 0.450 e. The third kappa shape index (κ3) is 4.07. The second-order valence-corrected chi connectivity index (χ2v) is 7.11. The lowest BCUT2D eigenvalue weighted by atomic mass is 10.2. The average molecular weight is 412 g/mol. The first kappa shape index (κ1) is 19.7. The molecule has 1 fully saturated rings. The Labute approximate surface area is 172 Å². The molecule has 1 aromatic carbocycles. The summed E-state index contributed by atoms with van der Waals surface area (Å²) in [4.78, 5) is 36.7. The van der Waals surface area contributed by atoms with E-state index >= 15 is 0 Å². The van der Waals surface area contributed by atoms with Gasteiger partial charge in [-0.2, -0.15) is 4.98 Å². The summed E-state index contributed by atoms with van der Waals surface area (Å²) in [6.07, 6.45) is 0. The van der Waals surface area contributed by atoms with Gasteiger partial charge in [0, 0.05) is 43.3 Å². The van der Waals surface area contributed by atoms with Crippen molar-refractivity contribution in [2.24, 2.45) is 0 Å². The zero-order valence-corrected chi connectivity index (χ0v) is 16.7. The van der Waals surface area contributed by atoms with E-state index in [1.54, 1.807) is 17.0 Å². The van der Waals surface area contributed by atoms with Crippen LogP contribution in [0.1, 0.15) is 22.0 Å². The van der Waals surface area contributed by atoms with E-state index in [9.17, 15) is 14.0 Å². The summed E-state index contributed by atoms with van der Waals surface area (Å²) in [6, 6.07) is 8.09. The fourth-order valence-electron chi connectivity index (χ4n) is 3.40. The number of carbonyl (C=O) groups is 2. The second kappa shape index (κ2) is 8.05. The maximum absolute atomic E-state index is 13.1. The van der Waals surface area contributed by atoms with Gasteiger partial charge in [0.2, 0.25) is 0 Å². The molecule has 1 saturated heterocycles. The molecule has 156 valence electrons. The Hall–Kier alpha value is -3.56. The summed E-state index contributed by atoms with van der Waals surface area (Å²) in [6.45, 7) is 5.49. The van der Waals surface area contributed by atoms with Crippen LogP contribution in [-0.4, -0.2) is 69.1 Å². The van der Waals surface area contributed by atoms with Crippen molar-refractivity contribution in [2.45, 2.75) is 13.8 Å². The molecule has 9 nitrogen and oxygen atoms in total. The third-order valence-corrected chi connectivity index (χ3v) is 4.95. The van der Waals surface area contributed by atoms with Crippen LogP contribution in [-0.2, 0) is 9.53 Å². The number of ether oxygens (including phenoxy) is 1. The Balaban J connectivity index is 1.31. The Morgan fingerprint density at radius 2 is 1.77 bits per heavy atom. The van der Waals surface area contributed by atoms with Crippen molar-refractivity contribution in [1.29, 1.82) is 0 Å². The summed E-state index contributed by atoms with van der Waals surface area (Å²) in [7, 11) is 0. The van der Waals surface area contributed by atoms with Gasteiger partial charge in [-0.05, 0) is 44.2 Å². The van der Waals surface area contributed by atoms with E-state index in [2.05, 4.69) is 20.0 Å². The molecule has 0 aliphatic carbocycles. The van der Waals surface area contributed by atoms with Crippen molar-refractivity contribution >= 4 is 23.3 Å². The lowest BCUT2D eigenvalue weighted by molar-refractivity contribution is -0.134. The topological polar surface area (TPSA) is 92.9 Å². The lowest BCUT2D eigenvalue weighted by Crippen LogP contribution is -2.49. The van der Waals surface area contributed by atoms with Crippen LogP contribution in [0, 0.1) is 19.7 Å². The quantitative estimate of drug-likeness (QED) is 0.598. The van der Waals surface area contributed by atoms with Crippen LogP contribution in [0.2, 0.25) is 0 Å². The zero-order valence-electron chi connectivity index (χ0n) is 16.7. The molecule has 0 saturated carbocycles. The molecule has 30 heavy (non-hydrogen) atoms. The van der Waals surface area contributed by atoms with Crippen LogP contribution in [0.5, 0.6) is 0 Å². The summed E-state index contributed by atoms with van der Waals surface area (Å²) in [5.41, 5.74) is 2.47. The summed E-state index contributed by atoms with van der Waals surface area (Å²) in [5, 5.41) is 4.10. The number of carbonyl (C=O) groups excluding carboxylic acids is 2. The summed E-state index contributed by atoms with van der Waals surface area (Å²) in [5.74, 6) is -1.16. The van der Waals surface area contributed by atoms with Crippen molar-refractivity contribution in [1.82, 2.24) is 24.5 Å². The number of amides is 1. The molecule has 3 aromatic rings. The molecular formula is C20H21FN6O3. The average Bonchev–Trinajstić information content (AvgIpc) is 3.17. The molecule has 2 aromatic heterocycles. The number of aromatic nitrogens is 4. The maximum Gasteiger partial charge on any atom is 0.378 e. The van der Waals surface area contributed by atoms with Gasteiger partial charge in [0.1, 0.15) is 5.82 Å². The molecule has 1 aliphatic rings. The number of anilines is 1. The molecule has 0 spiro atoms. The highest BCUT2D eigenvalue weighted by atomic mass is 19.1. The zero-order chi connectivity index (χ0) is 21.3. The molecule has 1 aliphatic heterocycles. The van der Waals surface area contributed by atoms with Crippen LogP contribution >= 0.6 is 0 Å². The SMILES string of the molecule is Cc1cc(C)n2nc(C(=O)OCC(=O)N3CCN(c4ccc(F)cc4)CC3)nc2n1. The predicted octanol–water partition coefficient (Wildman–Crippen LogP) is 1.39. The number of fused-ring (bicyclic) bond motifs is 1. The van der Waals surface area contributed by atoms with Crippen LogP contribution in [0.4, 0.5) is 10.1 Å².